The van der Waals surface area contributed by atoms with E-state index in [1.807, 2.05) is 0 Å². The molecule has 2 aliphatic rings. The maximum absolute atomic E-state index is 11.4. The summed E-state index contributed by atoms with van der Waals surface area (Å²) >= 11 is 12.2. The van der Waals surface area contributed by atoms with Crippen LogP contribution >= 0.6 is 23.2 Å². The second kappa shape index (κ2) is 5.69. The second-order valence-electron chi connectivity index (χ2n) is 6.36. The molecular weight excluding hydrogens is 309 g/mol. The SMILES string of the molecule is O=C(O)c1cc(Cl)cc(Cl)c1N1CC2(CCCCCC2)C1. The number of nitrogens with zero attached hydrogens (tertiary/aromatic N) is 1. The van der Waals surface area contributed by atoms with Crippen LogP contribution in [-0.2, 0) is 0 Å². The largest absolute Gasteiger partial charge is 0.478 e. The van der Waals surface area contributed by atoms with Crippen molar-refractivity contribution >= 4 is 34.9 Å². The van der Waals surface area contributed by atoms with E-state index < -0.39 is 5.97 Å². The molecule has 0 atom stereocenters. The third-order valence-corrected chi connectivity index (χ3v) is 5.30. The Balaban J connectivity index is 1.85. The zero-order valence-corrected chi connectivity index (χ0v) is 13.4. The summed E-state index contributed by atoms with van der Waals surface area (Å²) in [7, 11) is 0. The molecule has 0 unspecified atom stereocenters. The van der Waals surface area contributed by atoms with Gasteiger partial charge in [0.2, 0.25) is 0 Å². The van der Waals surface area contributed by atoms with E-state index in [9.17, 15) is 9.90 Å². The van der Waals surface area contributed by atoms with E-state index in [4.69, 9.17) is 23.2 Å². The fraction of sp³-hybridized carbons (Fsp3) is 0.562. The first-order valence-electron chi connectivity index (χ1n) is 7.48. The van der Waals surface area contributed by atoms with E-state index in [1.54, 1.807) is 6.07 Å². The standard InChI is InChI=1S/C16H19Cl2NO2/c17-11-7-12(15(20)21)14(13(18)8-11)19-9-16(10-19)5-3-1-2-4-6-16/h7-8H,1-6,9-10H2,(H,20,21). The molecule has 1 aromatic rings. The van der Waals surface area contributed by atoms with Crippen LogP contribution in [0.4, 0.5) is 5.69 Å². The Hall–Kier alpha value is -0.930. The van der Waals surface area contributed by atoms with Crippen molar-refractivity contribution in [2.24, 2.45) is 5.41 Å². The number of hydrogen-bond donors (Lipinski definition) is 1. The third kappa shape index (κ3) is 2.86. The van der Waals surface area contributed by atoms with Gasteiger partial charge < -0.3 is 10.0 Å². The lowest BCUT2D eigenvalue weighted by atomic mass is 9.73. The van der Waals surface area contributed by atoms with Crippen LogP contribution in [0.3, 0.4) is 0 Å². The molecule has 1 spiro atoms. The molecule has 1 aliphatic carbocycles. The molecule has 1 saturated heterocycles. The van der Waals surface area contributed by atoms with Gasteiger partial charge in [-0.05, 0) is 25.0 Å². The molecule has 21 heavy (non-hydrogen) atoms. The smallest absolute Gasteiger partial charge is 0.337 e. The van der Waals surface area contributed by atoms with Crippen LogP contribution in [0.25, 0.3) is 0 Å². The number of anilines is 1. The summed E-state index contributed by atoms with van der Waals surface area (Å²) in [6.45, 7) is 1.82. The zero-order valence-electron chi connectivity index (χ0n) is 11.9. The molecule has 1 heterocycles. The molecule has 5 heteroatoms. The van der Waals surface area contributed by atoms with Gasteiger partial charge >= 0.3 is 5.97 Å². The highest BCUT2D eigenvalue weighted by molar-refractivity contribution is 6.37. The minimum absolute atomic E-state index is 0.205. The van der Waals surface area contributed by atoms with Crippen LogP contribution in [0.15, 0.2) is 12.1 Å². The van der Waals surface area contributed by atoms with Gasteiger partial charge in [0.1, 0.15) is 0 Å². The third-order valence-electron chi connectivity index (χ3n) is 4.79. The maximum Gasteiger partial charge on any atom is 0.337 e. The fourth-order valence-electron chi connectivity index (χ4n) is 3.77. The van der Waals surface area contributed by atoms with Crippen molar-refractivity contribution in [3.8, 4) is 0 Å². The highest BCUT2D eigenvalue weighted by atomic mass is 35.5. The Morgan fingerprint density at radius 2 is 1.71 bits per heavy atom. The van der Waals surface area contributed by atoms with Crippen molar-refractivity contribution < 1.29 is 9.90 Å². The number of carboxylic acids is 1. The lowest BCUT2D eigenvalue weighted by Crippen LogP contribution is -2.56. The molecular formula is C16H19Cl2NO2. The number of halogens is 2. The van der Waals surface area contributed by atoms with E-state index in [2.05, 4.69) is 4.90 Å². The molecule has 1 aromatic carbocycles. The van der Waals surface area contributed by atoms with Crippen LogP contribution in [0, 0.1) is 5.41 Å². The highest BCUT2D eigenvalue weighted by Crippen LogP contribution is 2.47. The average molecular weight is 328 g/mol. The molecule has 3 nitrogen and oxygen atoms in total. The van der Waals surface area contributed by atoms with Gasteiger partial charge in [-0.25, -0.2) is 4.79 Å². The van der Waals surface area contributed by atoms with Crippen LogP contribution in [0.5, 0.6) is 0 Å². The summed E-state index contributed by atoms with van der Waals surface area (Å²) in [4.78, 5) is 13.6. The monoisotopic (exact) mass is 327 g/mol. The summed E-state index contributed by atoms with van der Waals surface area (Å²) < 4.78 is 0. The van der Waals surface area contributed by atoms with Crippen LogP contribution < -0.4 is 4.90 Å². The van der Waals surface area contributed by atoms with Gasteiger partial charge in [0.15, 0.2) is 0 Å². The molecule has 0 radical (unpaired) electrons. The maximum atomic E-state index is 11.4. The molecule has 0 amide bonds. The predicted molar refractivity (Wildman–Crippen MR) is 85.8 cm³/mol. The Morgan fingerprint density at radius 3 is 2.29 bits per heavy atom. The number of carboxylic acid groups (broad SMARTS) is 1. The Labute approximate surface area is 134 Å². The fourth-order valence-corrected chi connectivity index (χ4v) is 4.38. The van der Waals surface area contributed by atoms with Crippen molar-refractivity contribution in [2.45, 2.75) is 38.5 Å². The van der Waals surface area contributed by atoms with Gasteiger partial charge in [-0.3, -0.25) is 0 Å². The van der Waals surface area contributed by atoms with Crippen molar-refractivity contribution in [3.63, 3.8) is 0 Å². The normalized spacial score (nSPS) is 21.0. The molecule has 114 valence electrons. The minimum atomic E-state index is -0.976. The Kier molecular flexibility index (Phi) is 4.06. The van der Waals surface area contributed by atoms with Crippen molar-refractivity contribution in [1.29, 1.82) is 0 Å². The molecule has 0 bridgehead atoms. The molecule has 3 rings (SSSR count). The molecule has 1 saturated carbocycles. The molecule has 1 aliphatic heterocycles. The van der Waals surface area contributed by atoms with Crippen LogP contribution in [0.1, 0.15) is 48.9 Å². The van der Waals surface area contributed by atoms with Gasteiger partial charge in [-0.2, -0.15) is 0 Å². The van der Waals surface area contributed by atoms with Crippen LogP contribution in [-0.4, -0.2) is 24.2 Å². The van der Waals surface area contributed by atoms with Gasteiger partial charge in [0.05, 0.1) is 16.3 Å². The van der Waals surface area contributed by atoms with Gasteiger partial charge in [0, 0.05) is 23.5 Å². The first kappa shape index (κ1) is 15.0. The Bertz CT molecular complexity index is 558. The summed E-state index contributed by atoms with van der Waals surface area (Å²) in [6, 6.07) is 3.12. The summed E-state index contributed by atoms with van der Waals surface area (Å²) in [5.74, 6) is -0.976. The summed E-state index contributed by atoms with van der Waals surface area (Å²) in [6.07, 6.45) is 7.71. The van der Waals surface area contributed by atoms with E-state index >= 15 is 0 Å². The van der Waals surface area contributed by atoms with Gasteiger partial charge in [-0.1, -0.05) is 48.9 Å². The first-order chi connectivity index (χ1) is 10.0. The number of rotatable bonds is 2. The lowest BCUT2D eigenvalue weighted by molar-refractivity contribution is 0.0696. The predicted octanol–water partition coefficient (Wildman–Crippen LogP) is 4.85. The van der Waals surface area contributed by atoms with E-state index in [0.717, 1.165) is 13.1 Å². The number of benzene rings is 1. The van der Waals surface area contributed by atoms with Crippen molar-refractivity contribution in [1.82, 2.24) is 0 Å². The zero-order chi connectivity index (χ0) is 15.0. The molecule has 1 N–H and O–H groups in total. The van der Waals surface area contributed by atoms with E-state index in [1.165, 1.54) is 44.6 Å². The van der Waals surface area contributed by atoms with Gasteiger partial charge in [0.25, 0.3) is 0 Å². The number of aromatic carboxylic acids is 1. The van der Waals surface area contributed by atoms with Crippen molar-refractivity contribution in [2.75, 3.05) is 18.0 Å². The first-order valence-corrected chi connectivity index (χ1v) is 8.24. The average Bonchev–Trinajstić information content (AvgIpc) is 2.62. The highest BCUT2D eigenvalue weighted by Gasteiger charge is 2.44. The topological polar surface area (TPSA) is 40.5 Å². The quantitative estimate of drug-likeness (QED) is 0.843. The van der Waals surface area contributed by atoms with Crippen LogP contribution in [0.2, 0.25) is 10.0 Å². The van der Waals surface area contributed by atoms with Crippen molar-refractivity contribution in [3.05, 3.63) is 27.7 Å². The number of hydrogen-bond acceptors (Lipinski definition) is 2. The van der Waals surface area contributed by atoms with Gasteiger partial charge in [-0.15, -0.1) is 0 Å². The lowest BCUT2D eigenvalue weighted by Gasteiger charge is -2.52. The molecule has 0 aromatic heterocycles. The molecule has 2 fully saturated rings. The van der Waals surface area contributed by atoms with E-state index in [0.29, 0.717) is 21.1 Å². The minimum Gasteiger partial charge on any atom is -0.478 e. The summed E-state index contributed by atoms with van der Waals surface area (Å²) in [5.41, 5.74) is 1.20. The van der Waals surface area contributed by atoms with E-state index in [-0.39, 0.29) is 5.56 Å². The second-order valence-corrected chi connectivity index (χ2v) is 7.20. The number of carbonyl (C=O) groups is 1. The Morgan fingerprint density at radius 1 is 1.10 bits per heavy atom. The summed E-state index contributed by atoms with van der Waals surface area (Å²) in [5, 5.41) is 10.2.